The average molecular weight is 116 g/mol. The maximum atomic E-state index is 10.1. The quantitative estimate of drug-likeness (QED) is 0.499. The second-order valence-corrected chi connectivity index (χ2v) is 2.44. The molecule has 1 fully saturated rings. The standard InChI is InChI=1S/C5H8O3/c1-5(2)3(8-5)4(6)7/h3H,1-2H3,(H,6,7). The zero-order chi connectivity index (χ0) is 6.36. The fourth-order valence-electron chi connectivity index (χ4n) is 0.617. The van der Waals surface area contributed by atoms with Gasteiger partial charge < -0.3 is 9.84 Å². The molecule has 3 nitrogen and oxygen atoms in total. The van der Waals surface area contributed by atoms with Crippen molar-refractivity contribution in [2.75, 3.05) is 0 Å². The molecule has 1 saturated heterocycles. The van der Waals surface area contributed by atoms with E-state index in [4.69, 9.17) is 9.84 Å². The van der Waals surface area contributed by atoms with E-state index in [0.29, 0.717) is 0 Å². The van der Waals surface area contributed by atoms with Gasteiger partial charge in [-0.1, -0.05) is 0 Å². The number of aliphatic carboxylic acids is 1. The molecule has 1 rings (SSSR count). The first-order chi connectivity index (χ1) is 3.54. The van der Waals surface area contributed by atoms with Gasteiger partial charge in [-0.2, -0.15) is 0 Å². The number of ether oxygens (including phenoxy) is 1. The van der Waals surface area contributed by atoms with Gasteiger partial charge in [-0.05, 0) is 13.8 Å². The van der Waals surface area contributed by atoms with Crippen LogP contribution in [-0.4, -0.2) is 22.8 Å². The third kappa shape index (κ3) is 0.690. The molecule has 1 unspecified atom stereocenters. The highest BCUT2D eigenvalue weighted by molar-refractivity contribution is 5.76. The van der Waals surface area contributed by atoms with Crippen LogP contribution in [0.5, 0.6) is 0 Å². The van der Waals surface area contributed by atoms with Gasteiger partial charge in [0.2, 0.25) is 0 Å². The fraction of sp³-hybridized carbons (Fsp3) is 0.800. The first kappa shape index (κ1) is 5.56. The number of carbonyl (C=O) groups is 1. The van der Waals surface area contributed by atoms with Crippen molar-refractivity contribution in [3.8, 4) is 0 Å². The molecular weight excluding hydrogens is 108 g/mol. The molecule has 0 amide bonds. The van der Waals surface area contributed by atoms with Gasteiger partial charge in [0.25, 0.3) is 0 Å². The van der Waals surface area contributed by atoms with Crippen LogP contribution in [-0.2, 0) is 9.53 Å². The van der Waals surface area contributed by atoms with Crippen molar-refractivity contribution in [3.05, 3.63) is 0 Å². The minimum absolute atomic E-state index is 0.411. The van der Waals surface area contributed by atoms with E-state index in [0.717, 1.165) is 0 Å². The number of epoxide rings is 1. The van der Waals surface area contributed by atoms with E-state index in [1.54, 1.807) is 13.8 Å². The van der Waals surface area contributed by atoms with Gasteiger partial charge >= 0.3 is 5.97 Å². The summed E-state index contributed by atoms with van der Waals surface area (Å²) in [6.07, 6.45) is -0.567. The van der Waals surface area contributed by atoms with Crippen molar-refractivity contribution in [2.24, 2.45) is 0 Å². The topological polar surface area (TPSA) is 49.8 Å². The van der Waals surface area contributed by atoms with Crippen LogP contribution in [0, 0.1) is 0 Å². The van der Waals surface area contributed by atoms with Crippen LogP contribution in [0.1, 0.15) is 13.8 Å². The van der Waals surface area contributed by atoms with Crippen LogP contribution < -0.4 is 0 Å². The predicted molar refractivity (Wildman–Crippen MR) is 26.6 cm³/mol. The van der Waals surface area contributed by atoms with Gasteiger partial charge in [-0.3, -0.25) is 0 Å². The molecule has 0 aromatic rings. The van der Waals surface area contributed by atoms with Crippen LogP contribution in [0.25, 0.3) is 0 Å². The molecule has 1 atom stereocenters. The molecule has 0 spiro atoms. The van der Waals surface area contributed by atoms with Crippen molar-refractivity contribution < 1.29 is 14.6 Å². The van der Waals surface area contributed by atoms with Crippen molar-refractivity contribution in [1.29, 1.82) is 0 Å². The number of hydrogen-bond donors (Lipinski definition) is 1. The number of rotatable bonds is 1. The smallest absolute Gasteiger partial charge is 0.335 e. The summed E-state index contributed by atoms with van der Waals surface area (Å²) in [5.74, 6) is -0.866. The second kappa shape index (κ2) is 1.23. The molecule has 0 aromatic carbocycles. The predicted octanol–water partition coefficient (Wildman–Crippen LogP) is 0.248. The van der Waals surface area contributed by atoms with Gasteiger partial charge in [-0.25, -0.2) is 4.79 Å². The first-order valence-electron chi connectivity index (χ1n) is 2.44. The molecule has 1 heterocycles. The van der Waals surface area contributed by atoms with E-state index < -0.39 is 17.7 Å². The second-order valence-electron chi connectivity index (χ2n) is 2.44. The Morgan fingerprint density at radius 3 is 2.12 bits per heavy atom. The van der Waals surface area contributed by atoms with E-state index in [2.05, 4.69) is 0 Å². The summed E-state index contributed by atoms with van der Waals surface area (Å²) in [5.41, 5.74) is -0.411. The Morgan fingerprint density at radius 1 is 1.75 bits per heavy atom. The minimum Gasteiger partial charge on any atom is -0.479 e. The van der Waals surface area contributed by atoms with Gasteiger partial charge in [0.05, 0.1) is 0 Å². The summed E-state index contributed by atoms with van der Waals surface area (Å²) in [5, 5.41) is 8.26. The van der Waals surface area contributed by atoms with Crippen molar-refractivity contribution in [3.63, 3.8) is 0 Å². The van der Waals surface area contributed by atoms with Gasteiger partial charge in [0.15, 0.2) is 6.10 Å². The Kier molecular flexibility index (Phi) is 0.854. The maximum Gasteiger partial charge on any atom is 0.335 e. The molecule has 0 aromatic heterocycles. The van der Waals surface area contributed by atoms with E-state index in [9.17, 15) is 4.79 Å². The van der Waals surface area contributed by atoms with E-state index in [1.807, 2.05) is 0 Å². The Morgan fingerprint density at radius 2 is 2.12 bits per heavy atom. The van der Waals surface area contributed by atoms with Crippen molar-refractivity contribution in [2.45, 2.75) is 25.6 Å². The van der Waals surface area contributed by atoms with Crippen molar-refractivity contribution in [1.82, 2.24) is 0 Å². The Hall–Kier alpha value is -0.570. The first-order valence-corrected chi connectivity index (χ1v) is 2.44. The van der Waals surface area contributed by atoms with Crippen LogP contribution in [0.2, 0.25) is 0 Å². The molecule has 46 valence electrons. The van der Waals surface area contributed by atoms with Gasteiger partial charge in [0.1, 0.15) is 5.60 Å². The van der Waals surface area contributed by atoms with E-state index in [1.165, 1.54) is 0 Å². The summed E-state index contributed by atoms with van der Waals surface area (Å²) in [6, 6.07) is 0. The Bertz CT molecular complexity index is 128. The molecule has 8 heavy (non-hydrogen) atoms. The summed E-state index contributed by atoms with van der Waals surface area (Å²) < 4.78 is 4.77. The zero-order valence-electron chi connectivity index (χ0n) is 4.84. The average Bonchev–Trinajstić information content (AvgIpc) is 2.13. The summed E-state index contributed by atoms with van der Waals surface area (Å²) in [7, 11) is 0. The third-order valence-electron chi connectivity index (χ3n) is 1.22. The molecule has 0 saturated carbocycles. The van der Waals surface area contributed by atoms with Crippen LogP contribution >= 0.6 is 0 Å². The molecule has 1 aliphatic rings. The molecular formula is C5H8O3. The van der Waals surface area contributed by atoms with Crippen LogP contribution in [0.4, 0.5) is 0 Å². The Labute approximate surface area is 47.3 Å². The highest BCUT2D eigenvalue weighted by Crippen LogP contribution is 2.34. The minimum atomic E-state index is -0.866. The zero-order valence-corrected chi connectivity index (χ0v) is 4.84. The lowest BCUT2D eigenvalue weighted by Gasteiger charge is -1.86. The Balaban J connectivity index is 2.48. The van der Waals surface area contributed by atoms with E-state index in [-0.39, 0.29) is 0 Å². The SMILES string of the molecule is CC1(C)OC1C(=O)O. The fourth-order valence-corrected chi connectivity index (χ4v) is 0.617. The highest BCUT2D eigenvalue weighted by atomic mass is 16.6. The molecule has 0 aliphatic carbocycles. The number of hydrogen-bond acceptors (Lipinski definition) is 2. The molecule has 1 N–H and O–H groups in total. The monoisotopic (exact) mass is 116 g/mol. The highest BCUT2D eigenvalue weighted by Gasteiger charge is 2.53. The van der Waals surface area contributed by atoms with Gasteiger partial charge in [0, 0.05) is 0 Å². The largest absolute Gasteiger partial charge is 0.479 e. The molecule has 1 aliphatic heterocycles. The molecule has 0 radical (unpaired) electrons. The van der Waals surface area contributed by atoms with Crippen LogP contribution in [0.15, 0.2) is 0 Å². The lowest BCUT2D eigenvalue weighted by atomic mass is 10.1. The maximum absolute atomic E-state index is 10.1. The lowest BCUT2D eigenvalue weighted by Crippen LogP contribution is -2.12. The number of carboxylic acid groups (broad SMARTS) is 1. The summed E-state index contributed by atoms with van der Waals surface area (Å²) in [4.78, 5) is 10.1. The normalized spacial score (nSPS) is 32.0. The third-order valence-corrected chi connectivity index (χ3v) is 1.22. The summed E-state index contributed by atoms with van der Waals surface area (Å²) in [6.45, 7) is 3.51. The van der Waals surface area contributed by atoms with Crippen molar-refractivity contribution >= 4 is 5.97 Å². The van der Waals surface area contributed by atoms with Gasteiger partial charge in [-0.15, -0.1) is 0 Å². The van der Waals surface area contributed by atoms with Crippen LogP contribution in [0.3, 0.4) is 0 Å². The molecule has 3 heteroatoms. The lowest BCUT2D eigenvalue weighted by molar-refractivity contribution is -0.138. The van der Waals surface area contributed by atoms with E-state index >= 15 is 0 Å². The summed E-state index contributed by atoms with van der Waals surface area (Å²) >= 11 is 0. The number of carboxylic acids is 1. The molecule has 0 bridgehead atoms.